The largest absolute Gasteiger partial charge is 0.345 e. The molecule has 0 radical (unpaired) electrons. The van der Waals surface area contributed by atoms with E-state index in [2.05, 4.69) is 12.2 Å². The summed E-state index contributed by atoms with van der Waals surface area (Å²) in [5.74, 6) is -0.0259. The Hall–Kier alpha value is -1.88. The Labute approximate surface area is 119 Å². The maximum absolute atomic E-state index is 12.4. The highest BCUT2D eigenvalue weighted by Crippen LogP contribution is 2.11. The molecular weight excluding hydrogens is 254 g/mol. The predicted molar refractivity (Wildman–Crippen MR) is 77.8 cm³/mol. The zero-order valence-electron chi connectivity index (χ0n) is 12.2. The summed E-state index contributed by atoms with van der Waals surface area (Å²) in [6.45, 7) is 4.33. The van der Waals surface area contributed by atoms with Gasteiger partial charge in [0.05, 0.1) is 0 Å². The molecule has 0 aliphatic carbocycles. The van der Waals surface area contributed by atoms with Crippen molar-refractivity contribution in [2.24, 2.45) is 0 Å². The van der Waals surface area contributed by atoms with Crippen LogP contribution in [0.3, 0.4) is 0 Å². The number of piperazine rings is 1. The number of carbonyl (C=O) groups is 2. The molecule has 1 atom stereocenters. The van der Waals surface area contributed by atoms with Crippen molar-refractivity contribution in [3.63, 3.8) is 0 Å². The van der Waals surface area contributed by atoms with E-state index in [1.165, 1.54) is 4.90 Å². The molecule has 0 spiro atoms. The lowest BCUT2D eigenvalue weighted by molar-refractivity contribution is 0.0708. The summed E-state index contributed by atoms with van der Waals surface area (Å²) < 4.78 is 0. The van der Waals surface area contributed by atoms with E-state index in [0.717, 1.165) is 19.6 Å². The molecule has 5 nitrogen and oxygen atoms in total. The van der Waals surface area contributed by atoms with E-state index < -0.39 is 0 Å². The zero-order chi connectivity index (χ0) is 14.7. The normalized spacial score (nSPS) is 18.8. The first-order valence-corrected chi connectivity index (χ1v) is 6.83. The van der Waals surface area contributed by atoms with Crippen LogP contribution in [0.4, 0.5) is 0 Å². The molecule has 1 unspecified atom stereocenters. The average molecular weight is 275 g/mol. The van der Waals surface area contributed by atoms with Crippen LogP contribution in [0.5, 0.6) is 0 Å². The topological polar surface area (TPSA) is 52.7 Å². The summed E-state index contributed by atoms with van der Waals surface area (Å²) in [5.41, 5.74) is 1.23. The van der Waals surface area contributed by atoms with Crippen LogP contribution in [0, 0.1) is 0 Å². The Morgan fingerprint density at radius 2 is 1.80 bits per heavy atom. The van der Waals surface area contributed by atoms with Crippen molar-refractivity contribution in [3.8, 4) is 0 Å². The molecular formula is C15H21N3O2. The molecule has 1 saturated heterocycles. The lowest BCUT2D eigenvalue weighted by Crippen LogP contribution is -2.51. The second-order valence-corrected chi connectivity index (χ2v) is 5.38. The van der Waals surface area contributed by atoms with E-state index in [9.17, 15) is 9.59 Å². The van der Waals surface area contributed by atoms with Gasteiger partial charge in [0.15, 0.2) is 0 Å². The van der Waals surface area contributed by atoms with Gasteiger partial charge < -0.3 is 15.1 Å². The monoisotopic (exact) mass is 275 g/mol. The van der Waals surface area contributed by atoms with Gasteiger partial charge in [0.1, 0.15) is 0 Å². The first kappa shape index (κ1) is 14.5. The SMILES string of the molecule is CC1CN(C(=O)c2ccc(C(=O)N(C)C)cc2)CCN1. The second kappa shape index (κ2) is 6.05. The van der Waals surface area contributed by atoms with Crippen LogP contribution in [0.25, 0.3) is 0 Å². The van der Waals surface area contributed by atoms with E-state index in [0.29, 0.717) is 17.2 Å². The number of amides is 2. The van der Waals surface area contributed by atoms with E-state index in [-0.39, 0.29) is 11.8 Å². The predicted octanol–water partition coefficient (Wildman–Crippen LogP) is 0.822. The van der Waals surface area contributed by atoms with Gasteiger partial charge in [-0.05, 0) is 31.2 Å². The maximum Gasteiger partial charge on any atom is 0.253 e. The van der Waals surface area contributed by atoms with Gasteiger partial charge in [-0.2, -0.15) is 0 Å². The van der Waals surface area contributed by atoms with Crippen LogP contribution in [-0.4, -0.2) is 61.4 Å². The van der Waals surface area contributed by atoms with Crippen molar-refractivity contribution in [2.45, 2.75) is 13.0 Å². The van der Waals surface area contributed by atoms with Crippen LogP contribution in [0.15, 0.2) is 24.3 Å². The van der Waals surface area contributed by atoms with Gasteiger partial charge in [-0.3, -0.25) is 9.59 Å². The Morgan fingerprint density at radius 1 is 1.20 bits per heavy atom. The molecule has 1 heterocycles. The first-order chi connectivity index (χ1) is 9.49. The quantitative estimate of drug-likeness (QED) is 0.869. The summed E-state index contributed by atoms with van der Waals surface area (Å²) in [7, 11) is 3.42. The number of nitrogens with zero attached hydrogens (tertiary/aromatic N) is 2. The van der Waals surface area contributed by atoms with E-state index in [4.69, 9.17) is 0 Å². The summed E-state index contributed by atoms with van der Waals surface area (Å²) in [6.07, 6.45) is 0. The van der Waals surface area contributed by atoms with E-state index in [1.54, 1.807) is 38.4 Å². The highest BCUT2D eigenvalue weighted by Gasteiger charge is 2.21. The van der Waals surface area contributed by atoms with Gasteiger partial charge in [0.2, 0.25) is 0 Å². The molecule has 0 saturated carbocycles. The Kier molecular flexibility index (Phi) is 4.39. The van der Waals surface area contributed by atoms with Crippen molar-refractivity contribution in [3.05, 3.63) is 35.4 Å². The fraction of sp³-hybridized carbons (Fsp3) is 0.467. The molecule has 1 aliphatic heterocycles. The highest BCUT2D eigenvalue weighted by atomic mass is 16.2. The minimum absolute atomic E-state index is 0.0298. The minimum atomic E-state index is -0.0557. The van der Waals surface area contributed by atoms with Gasteiger partial charge in [-0.25, -0.2) is 0 Å². The van der Waals surface area contributed by atoms with E-state index >= 15 is 0 Å². The van der Waals surface area contributed by atoms with Crippen LogP contribution in [-0.2, 0) is 0 Å². The number of nitrogens with one attached hydrogen (secondary N) is 1. The lowest BCUT2D eigenvalue weighted by Gasteiger charge is -2.32. The summed E-state index contributed by atoms with van der Waals surface area (Å²) >= 11 is 0. The Balaban J connectivity index is 2.09. The van der Waals surface area contributed by atoms with Gasteiger partial charge in [-0.15, -0.1) is 0 Å². The third-order valence-corrected chi connectivity index (χ3v) is 3.44. The molecule has 5 heteroatoms. The Bertz CT molecular complexity index is 496. The van der Waals surface area contributed by atoms with Crippen molar-refractivity contribution in [2.75, 3.05) is 33.7 Å². The molecule has 1 aromatic rings. The average Bonchev–Trinajstić information content (AvgIpc) is 2.46. The number of hydrogen-bond acceptors (Lipinski definition) is 3. The van der Waals surface area contributed by atoms with Gasteiger partial charge in [-0.1, -0.05) is 0 Å². The molecule has 108 valence electrons. The van der Waals surface area contributed by atoms with Gasteiger partial charge in [0.25, 0.3) is 11.8 Å². The van der Waals surface area contributed by atoms with Crippen molar-refractivity contribution < 1.29 is 9.59 Å². The lowest BCUT2D eigenvalue weighted by atomic mass is 10.1. The number of rotatable bonds is 2. The summed E-state index contributed by atoms with van der Waals surface area (Å²) in [6, 6.07) is 7.20. The van der Waals surface area contributed by atoms with Crippen LogP contribution in [0.2, 0.25) is 0 Å². The molecule has 1 fully saturated rings. The molecule has 0 aromatic heterocycles. The third kappa shape index (κ3) is 3.17. The van der Waals surface area contributed by atoms with Gasteiger partial charge >= 0.3 is 0 Å². The maximum atomic E-state index is 12.4. The van der Waals surface area contributed by atoms with Crippen molar-refractivity contribution >= 4 is 11.8 Å². The molecule has 2 amide bonds. The van der Waals surface area contributed by atoms with Crippen LogP contribution < -0.4 is 5.32 Å². The fourth-order valence-corrected chi connectivity index (χ4v) is 2.31. The molecule has 1 aliphatic rings. The standard InChI is InChI=1S/C15H21N3O2/c1-11-10-18(9-8-16-11)15(20)13-6-4-12(5-7-13)14(19)17(2)3/h4-7,11,16H,8-10H2,1-3H3. The zero-order valence-corrected chi connectivity index (χ0v) is 12.2. The molecule has 1 N–H and O–H groups in total. The number of hydrogen-bond donors (Lipinski definition) is 1. The second-order valence-electron chi connectivity index (χ2n) is 5.38. The fourth-order valence-electron chi connectivity index (χ4n) is 2.31. The number of carbonyl (C=O) groups excluding carboxylic acids is 2. The first-order valence-electron chi connectivity index (χ1n) is 6.83. The van der Waals surface area contributed by atoms with Crippen molar-refractivity contribution in [1.29, 1.82) is 0 Å². The van der Waals surface area contributed by atoms with Gasteiger partial charge in [0, 0.05) is 50.9 Å². The van der Waals surface area contributed by atoms with Crippen LogP contribution in [0.1, 0.15) is 27.6 Å². The Morgan fingerprint density at radius 3 is 2.35 bits per heavy atom. The molecule has 0 bridgehead atoms. The molecule has 20 heavy (non-hydrogen) atoms. The smallest absolute Gasteiger partial charge is 0.253 e. The molecule has 2 rings (SSSR count). The summed E-state index contributed by atoms with van der Waals surface area (Å²) in [5, 5.41) is 3.31. The van der Waals surface area contributed by atoms with Crippen LogP contribution >= 0.6 is 0 Å². The number of benzene rings is 1. The minimum Gasteiger partial charge on any atom is -0.345 e. The third-order valence-electron chi connectivity index (χ3n) is 3.44. The van der Waals surface area contributed by atoms with E-state index in [1.807, 2.05) is 4.90 Å². The summed E-state index contributed by atoms with van der Waals surface area (Å²) in [4.78, 5) is 27.5. The molecule has 1 aromatic carbocycles. The van der Waals surface area contributed by atoms with Crippen molar-refractivity contribution in [1.82, 2.24) is 15.1 Å². The highest BCUT2D eigenvalue weighted by molar-refractivity contribution is 5.97.